The number of benzene rings is 8. The Hall–Kier alpha value is -7.42. The van der Waals surface area contributed by atoms with Gasteiger partial charge in [-0.15, -0.1) is 0 Å². The van der Waals surface area contributed by atoms with Crippen molar-refractivity contribution in [3.63, 3.8) is 0 Å². The maximum Gasteiger partial charge on any atom is 0.0433 e. The Bertz CT molecular complexity index is 2320. The first-order chi connectivity index (χ1) is 29.7. The van der Waals surface area contributed by atoms with Gasteiger partial charge in [0.25, 0.3) is 0 Å². The molecule has 0 aliphatic rings. The molecule has 0 heterocycles. The first kappa shape index (κ1) is 39.4. The molecule has 0 saturated heterocycles. The van der Waals surface area contributed by atoms with Crippen molar-refractivity contribution in [1.82, 2.24) is 0 Å². The van der Waals surface area contributed by atoms with Crippen LogP contribution in [0.1, 0.15) is 44.5 Å². The molecule has 0 radical (unpaired) electrons. The largest absolute Gasteiger partial charge is 0.363 e. The molecule has 2 heteroatoms. The van der Waals surface area contributed by atoms with Gasteiger partial charge in [-0.1, -0.05) is 231 Å². The van der Waals surface area contributed by atoms with Gasteiger partial charge in [-0.25, -0.2) is 0 Å². The van der Waals surface area contributed by atoms with Crippen LogP contribution in [0.15, 0.2) is 255 Å². The molecule has 0 unspecified atom stereocenters. The number of rotatable bonds is 16. The van der Waals surface area contributed by atoms with Gasteiger partial charge in [-0.3, -0.25) is 0 Å². The second-order valence-corrected chi connectivity index (χ2v) is 15.0. The average Bonchev–Trinajstić information content (AvgIpc) is 3.32. The van der Waals surface area contributed by atoms with E-state index in [1.807, 2.05) is 0 Å². The van der Waals surface area contributed by atoms with E-state index in [4.69, 9.17) is 0 Å². The molecule has 0 bridgehead atoms. The van der Waals surface area contributed by atoms with Crippen molar-refractivity contribution in [3.05, 3.63) is 299 Å². The van der Waals surface area contributed by atoms with Crippen molar-refractivity contribution in [1.29, 1.82) is 0 Å². The lowest BCUT2D eigenvalue weighted by Gasteiger charge is -2.26. The molecule has 8 rings (SSSR count). The summed E-state index contributed by atoms with van der Waals surface area (Å²) < 4.78 is 0. The van der Waals surface area contributed by atoms with Gasteiger partial charge in [-0.05, 0) is 79.9 Å². The Morgan fingerprint density at radius 3 is 0.767 bits per heavy atom. The average molecular weight is 775 g/mol. The molecule has 292 valence electrons. The molecular weight excluding hydrogens is 725 g/mol. The molecule has 8 aromatic rings. The third-order valence-electron chi connectivity index (χ3n) is 10.8. The van der Waals surface area contributed by atoms with Crippen LogP contribution in [0.3, 0.4) is 0 Å². The zero-order valence-corrected chi connectivity index (χ0v) is 34.0. The molecule has 0 amide bonds. The Balaban J connectivity index is 1.14. The van der Waals surface area contributed by atoms with Crippen molar-refractivity contribution in [2.24, 2.45) is 0 Å². The fraction of sp³-hybridized carbons (Fsp3) is 0.0690. The van der Waals surface area contributed by atoms with Gasteiger partial charge in [0.05, 0.1) is 0 Å². The summed E-state index contributed by atoms with van der Waals surface area (Å²) in [6, 6.07) is 82.4. The van der Waals surface area contributed by atoms with Crippen molar-refractivity contribution in [2.75, 3.05) is 9.80 Å². The summed E-state index contributed by atoms with van der Waals surface area (Å²) in [5, 5.41) is 0. The van der Waals surface area contributed by atoms with Gasteiger partial charge in [0.1, 0.15) is 0 Å². The van der Waals surface area contributed by atoms with Crippen LogP contribution in [0, 0.1) is 0 Å². The van der Waals surface area contributed by atoms with Gasteiger partial charge in [0, 0.05) is 37.6 Å². The lowest BCUT2D eigenvalue weighted by atomic mass is 9.96. The Morgan fingerprint density at radius 2 is 0.500 bits per heavy atom. The summed E-state index contributed by atoms with van der Waals surface area (Å²) in [5.41, 5.74) is 14.6. The maximum atomic E-state index is 2.46. The quantitative estimate of drug-likeness (QED) is 0.0902. The van der Waals surface area contributed by atoms with Gasteiger partial charge >= 0.3 is 0 Å². The number of hydrogen-bond donors (Lipinski definition) is 0. The first-order valence-corrected chi connectivity index (χ1v) is 20.8. The Labute approximate surface area is 356 Å². The molecule has 0 atom stereocenters. The summed E-state index contributed by atoms with van der Waals surface area (Å²) in [5.74, 6) is 0. The van der Waals surface area contributed by atoms with Crippen molar-refractivity contribution >= 4 is 22.5 Å². The van der Waals surface area contributed by atoms with Crippen molar-refractivity contribution < 1.29 is 0 Å². The highest BCUT2D eigenvalue weighted by atomic mass is 15.1. The minimum Gasteiger partial charge on any atom is -0.363 e. The van der Waals surface area contributed by atoms with Gasteiger partial charge in [0.15, 0.2) is 0 Å². The summed E-state index contributed by atoms with van der Waals surface area (Å²) in [7, 11) is 0. The summed E-state index contributed by atoms with van der Waals surface area (Å²) >= 11 is 0. The van der Waals surface area contributed by atoms with Crippen LogP contribution in [0.5, 0.6) is 0 Å². The summed E-state index contributed by atoms with van der Waals surface area (Å²) in [6.07, 6.45) is 8.82. The highest BCUT2D eigenvalue weighted by molar-refractivity contribution is 5.83. The van der Waals surface area contributed by atoms with Crippen LogP contribution in [0.2, 0.25) is 0 Å². The van der Waals surface area contributed by atoms with Gasteiger partial charge in [-0.2, -0.15) is 0 Å². The van der Waals surface area contributed by atoms with Crippen LogP contribution in [0.25, 0.3) is 11.1 Å². The third kappa shape index (κ3) is 10.7. The molecule has 2 nitrogen and oxygen atoms in total. The number of allylic oxidation sites excluding steroid dienone is 4. The molecule has 8 aromatic carbocycles. The molecule has 0 N–H and O–H groups in total. The van der Waals surface area contributed by atoms with Crippen LogP contribution >= 0.6 is 0 Å². The molecule has 0 spiro atoms. The van der Waals surface area contributed by atoms with E-state index in [2.05, 4.69) is 265 Å². The molecule has 0 aliphatic carbocycles. The fourth-order valence-electron chi connectivity index (χ4n) is 7.65. The van der Waals surface area contributed by atoms with E-state index in [0.29, 0.717) is 0 Å². The summed E-state index contributed by atoms with van der Waals surface area (Å²) in [4.78, 5) is 4.92. The highest BCUT2D eigenvalue weighted by Gasteiger charge is 2.13. The van der Waals surface area contributed by atoms with Crippen molar-refractivity contribution in [2.45, 2.75) is 26.2 Å². The third-order valence-corrected chi connectivity index (χ3v) is 10.8. The normalized spacial score (nSPS) is 10.9. The van der Waals surface area contributed by atoms with E-state index in [1.54, 1.807) is 0 Å². The van der Waals surface area contributed by atoms with Crippen LogP contribution in [-0.4, -0.2) is 0 Å². The fourth-order valence-corrected chi connectivity index (χ4v) is 7.65. The second kappa shape index (κ2) is 20.3. The standard InChI is InChI=1S/C58H50N2/c1-7-21-47(22-8-1)43-59(44-48-23-9-2-10-24-48)55-39-35-53(36-40-55)58(34-20-19-33-57(51-29-15-5-16-30-51)52-31-17-6-18-32-52)54-37-41-56(42-38-54)60(45-49-25-11-3-12-26-49)46-50-27-13-4-14-28-50/h1-42H,43-46H2/b20-19+. The Kier molecular flexibility index (Phi) is 13.3. The predicted molar refractivity (Wildman–Crippen MR) is 255 cm³/mol. The number of anilines is 2. The lowest BCUT2D eigenvalue weighted by Crippen LogP contribution is -2.22. The molecule has 0 saturated carbocycles. The predicted octanol–water partition coefficient (Wildman–Crippen LogP) is 14.2. The highest BCUT2D eigenvalue weighted by Crippen LogP contribution is 2.31. The monoisotopic (exact) mass is 774 g/mol. The number of hydrogen-bond acceptors (Lipinski definition) is 2. The van der Waals surface area contributed by atoms with E-state index >= 15 is 0 Å². The molecule has 0 aromatic heterocycles. The van der Waals surface area contributed by atoms with Crippen LogP contribution in [0.4, 0.5) is 11.4 Å². The van der Waals surface area contributed by atoms with E-state index in [0.717, 1.165) is 42.9 Å². The molecule has 0 aliphatic heterocycles. The number of nitrogens with zero attached hydrogens (tertiary/aromatic N) is 2. The van der Waals surface area contributed by atoms with Gasteiger partial charge in [0.2, 0.25) is 0 Å². The van der Waals surface area contributed by atoms with Gasteiger partial charge < -0.3 is 9.80 Å². The molecular formula is C58H50N2. The minimum atomic E-state index is 0.821. The smallest absolute Gasteiger partial charge is 0.0433 e. The SMILES string of the molecule is C(/C=C/C=C(c1ccc(N(Cc2ccccc2)Cc2ccccc2)cc1)c1ccc(N(Cc2ccccc2)Cc2ccccc2)cc1)=C(c1ccccc1)c1ccccc1. The van der Waals surface area contributed by atoms with E-state index in [1.165, 1.54) is 50.3 Å². The lowest BCUT2D eigenvalue weighted by molar-refractivity contribution is 0.800. The van der Waals surface area contributed by atoms with Crippen LogP contribution in [-0.2, 0) is 26.2 Å². The molecule has 0 fully saturated rings. The first-order valence-electron chi connectivity index (χ1n) is 20.8. The second-order valence-electron chi connectivity index (χ2n) is 15.0. The zero-order chi connectivity index (χ0) is 40.6. The van der Waals surface area contributed by atoms with Crippen LogP contribution < -0.4 is 9.80 Å². The van der Waals surface area contributed by atoms with Crippen molar-refractivity contribution in [3.8, 4) is 0 Å². The minimum absolute atomic E-state index is 0.821. The summed E-state index contributed by atoms with van der Waals surface area (Å²) in [6.45, 7) is 3.29. The van der Waals surface area contributed by atoms with E-state index < -0.39 is 0 Å². The topological polar surface area (TPSA) is 6.48 Å². The maximum absolute atomic E-state index is 2.46. The zero-order valence-electron chi connectivity index (χ0n) is 34.0. The molecule has 60 heavy (non-hydrogen) atoms. The van der Waals surface area contributed by atoms with E-state index in [9.17, 15) is 0 Å². The Morgan fingerprint density at radius 1 is 0.267 bits per heavy atom. The van der Waals surface area contributed by atoms with E-state index in [-0.39, 0.29) is 0 Å².